The van der Waals surface area contributed by atoms with E-state index in [4.69, 9.17) is 9.47 Å². The van der Waals surface area contributed by atoms with E-state index < -0.39 is 34.3 Å². The molecule has 0 bridgehead atoms. The van der Waals surface area contributed by atoms with Crippen molar-refractivity contribution in [2.24, 2.45) is 0 Å². The lowest BCUT2D eigenvalue weighted by atomic mass is 10.0. The van der Waals surface area contributed by atoms with E-state index >= 15 is 0 Å². The van der Waals surface area contributed by atoms with Gasteiger partial charge in [0.2, 0.25) is 11.8 Å². The van der Waals surface area contributed by atoms with Gasteiger partial charge >= 0.3 is 0 Å². The molecule has 256 valence electrons. The first-order valence-corrected chi connectivity index (χ1v) is 18.0. The van der Waals surface area contributed by atoms with E-state index in [2.05, 4.69) is 5.32 Å². The van der Waals surface area contributed by atoms with E-state index in [9.17, 15) is 22.4 Å². The minimum absolute atomic E-state index is 0.00778. The van der Waals surface area contributed by atoms with Crippen LogP contribution < -0.4 is 19.1 Å². The van der Waals surface area contributed by atoms with E-state index in [0.717, 1.165) is 58.8 Å². The lowest BCUT2D eigenvalue weighted by Crippen LogP contribution is -2.54. The minimum atomic E-state index is -4.40. The molecule has 0 spiro atoms. The van der Waals surface area contributed by atoms with Gasteiger partial charge in [0.05, 0.1) is 10.6 Å². The summed E-state index contributed by atoms with van der Waals surface area (Å²) >= 11 is 0. The number of benzene rings is 4. The Bertz CT molecular complexity index is 1860. The SMILES string of the molecule is Cc1ccc(CN(C(=O)CN(c2ccc(F)cc2)S(=O)(=O)c2ccc3c(c2)OCCO3)C(Cc2ccccc2)C(=O)NC2CCCC2)cc1. The molecule has 0 aromatic heterocycles. The van der Waals surface area contributed by atoms with Crippen LogP contribution in [0.3, 0.4) is 0 Å². The molecule has 1 fully saturated rings. The molecule has 2 amide bonds. The van der Waals surface area contributed by atoms with Crippen molar-refractivity contribution >= 4 is 27.5 Å². The molecule has 1 aliphatic carbocycles. The van der Waals surface area contributed by atoms with E-state index in [0.29, 0.717) is 12.4 Å². The van der Waals surface area contributed by atoms with Gasteiger partial charge in [-0.3, -0.25) is 13.9 Å². The molecule has 0 radical (unpaired) electrons. The Hall–Kier alpha value is -4.90. The number of hydrogen-bond donors (Lipinski definition) is 1. The maximum absolute atomic E-state index is 14.7. The van der Waals surface area contributed by atoms with Gasteiger partial charge in [0.1, 0.15) is 31.6 Å². The summed E-state index contributed by atoms with van der Waals surface area (Å²) in [5.74, 6) is -0.756. The number of sulfonamides is 1. The second-order valence-corrected chi connectivity index (χ2v) is 14.4. The van der Waals surface area contributed by atoms with Crippen LogP contribution in [0.4, 0.5) is 10.1 Å². The molecule has 49 heavy (non-hydrogen) atoms. The molecule has 2 aliphatic rings. The third-order valence-corrected chi connectivity index (χ3v) is 10.7. The van der Waals surface area contributed by atoms with Gasteiger partial charge in [-0.25, -0.2) is 12.8 Å². The third-order valence-electron chi connectivity index (χ3n) is 8.94. The first-order chi connectivity index (χ1) is 23.7. The number of carbonyl (C=O) groups is 2. The zero-order valence-corrected chi connectivity index (χ0v) is 28.2. The van der Waals surface area contributed by atoms with Crippen LogP contribution in [0, 0.1) is 12.7 Å². The number of amides is 2. The molecule has 6 rings (SSSR count). The second kappa shape index (κ2) is 15.1. The molecule has 1 saturated carbocycles. The van der Waals surface area contributed by atoms with Gasteiger partial charge < -0.3 is 19.7 Å². The van der Waals surface area contributed by atoms with Crippen molar-refractivity contribution in [3.05, 3.63) is 120 Å². The van der Waals surface area contributed by atoms with E-state index in [1.807, 2.05) is 61.5 Å². The van der Waals surface area contributed by atoms with Crippen LogP contribution in [-0.2, 0) is 32.6 Å². The predicted molar refractivity (Wildman–Crippen MR) is 184 cm³/mol. The van der Waals surface area contributed by atoms with E-state index in [1.165, 1.54) is 35.2 Å². The smallest absolute Gasteiger partial charge is 0.264 e. The number of hydrogen-bond acceptors (Lipinski definition) is 6. The van der Waals surface area contributed by atoms with Crippen LogP contribution in [0.15, 0.2) is 102 Å². The number of nitrogens with one attached hydrogen (secondary N) is 1. The summed E-state index contributed by atoms with van der Waals surface area (Å²) in [5, 5.41) is 3.17. The molecule has 4 aromatic rings. The summed E-state index contributed by atoms with van der Waals surface area (Å²) in [6.45, 7) is 1.98. The highest BCUT2D eigenvalue weighted by molar-refractivity contribution is 7.92. The Morgan fingerprint density at radius 3 is 2.22 bits per heavy atom. The lowest BCUT2D eigenvalue weighted by molar-refractivity contribution is -0.140. The number of ether oxygens (including phenoxy) is 2. The number of aryl methyl sites for hydroxylation is 1. The highest BCUT2D eigenvalue weighted by Gasteiger charge is 2.36. The molecule has 1 atom stereocenters. The van der Waals surface area contributed by atoms with Crippen LogP contribution in [-0.4, -0.2) is 57.0 Å². The zero-order chi connectivity index (χ0) is 34.4. The number of fused-ring (bicyclic) bond motifs is 1. The summed E-state index contributed by atoms with van der Waals surface area (Å²) in [4.78, 5) is 30.2. The molecule has 9 nitrogen and oxygen atoms in total. The number of halogens is 1. The van der Waals surface area contributed by atoms with Crippen molar-refractivity contribution in [3.63, 3.8) is 0 Å². The average Bonchev–Trinajstić information content (AvgIpc) is 3.63. The van der Waals surface area contributed by atoms with Crippen LogP contribution in [0.1, 0.15) is 42.4 Å². The van der Waals surface area contributed by atoms with Gasteiger partial charge in [-0.1, -0.05) is 73.0 Å². The molecule has 1 unspecified atom stereocenters. The first-order valence-electron chi connectivity index (χ1n) is 16.5. The largest absolute Gasteiger partial charge is 0.486 e. The van der Waals surface area contributed by atoms with E-state index in [1.54, 1.807) is 0 Å². The van der Waals surface area contributed by atoms with Crippen molar-refractivity contribution in [1.82, 2.24) is 10.2 Å². The number of carbonyl (C=O) groups excluding carboxylic acids is 2. The first kappa shape index (κ1) is 34.0. The van der Waals surface area contributed by atoms with Crippen LogP contribution in [0.25, 0.3) is 0 Å². The highest BCUT2D eigenvalue weighted by atomic mass is 32.2. The molecule has 1 N–H and O–H groups in total. The second-order valence-electron chi connectivity index (χ2n) is 12.5. The Kier molecular flexibility index (Phi) is 10.5. The molecule has 1 heterocycles. The van der Waals surface area contributed by atoms with Crippen LogP contribution in [0.2, 0.25) is 0 Å². The maximum Gasteiger partial charge on any atom is 0.264 e. The number of rotatable bonds is 12. The Morgan fingerprint density at radius 1 is 0.857 bits per heavy atom. The van der Waals surface area contributed by atoms with Gasteiger partial charge in [0.15, 0.2) is 11.5 Å². The predicted octanol–water partition coefficient (Wildman–Crippen LogP) is 5.80. The minimum Gasteiger partial charge on any atom is -0.486 e. The summed E-state index contributed by atoms with van der Waals surface area (Å²) in [6.07, 6.45) is 3.99. The molecule has 11 heteroatoms. The van der Waals surface area contributed by atoms with Crippen LogP contribution >= 0.6 is 0 Å². The summed E-state index contributed by atoms with van der Waals surface area (Å²) in [5.41, 5.74) is 2.77. The molecule has 0 saturated heterocycles. The summed E-state index contributed by atoms with van der Waals surface area (Å²) in [7, 11) is -4.40. The van der Waals surface area contributed by atoms with Crippen molar-refractivity contribution in [1.29, 1.82) is 0 Å². The zero-order valence-electron chi connectivity index (χ0n) is 27.4. The fraction of sp³-hybridized carbons (Fsp3) is 0.316. The van der Waals surface area contributed by atoms with Gasteiger partial charge in [-0.05, 0) is 67.3 Å². The van der Waals surface area contributed by atoms with Crippen LogP contribution in [0.5, 0.6) is 11.5 Å². The Labute approximate surface area is 286 Å². The average molecular weight is 686 g/mol. The van der Waals surface area contributed by atoms with Crippen molar-refractivity contribution < 1.29 is 31.9 Å². The molecule has 4 aromatic carbocycles. The number of nitrogens with zero attached hydrogens (tertiary/aromatic N) is 2. The number of anilines is 1. The Balaban J connectivity index is 1.39. The Morgan fingerprint density at radius 2 is 1.53 bits per heavy atom. The molecule has 1 aliphatic heterocycles. The quantitative estimate of drug-likeness (QED) is 0.202. The van der Waals surface area contributed by atoms with Gasteiger partial charge in [0.25, 0.3) is 10.0 Å². The summed E-state index contributed by atoms with van der Waals surface area (Å²) in [6, 6.07) is 25.4. The fourth-order valence-electron chi connectivity index (χ4n) is 6.26. The standard InChI is InChI=1S/C38H40FN3O6S/c1-27-11-13-29(14-12-27)25-41(34(23-28-7-3-2-4-8-28)38(44)40-31-9-5-6-10-31)37(43)26-42(32-17-15-30(39)16-18-32)49(45,46)33-19-20-35-36(24-33)48-22-21-47-35/h2-4,7-8,11-20,24,31,34H,5-6,9-10,21-23,25-26H2,1H3,(H,40,44). The van der Waals surface area contributed by atoms with Gasteiger partial charge in [-0.2, -0.15) is 0 Å². The highest BCUT2D eigenvalue weighted by Crippen LogP contribution is 2.34. The maximum atomic E-state index is 14.7. The topological polar surface area (TPSA) is 105 Å². The fourth-order valence-corrected chi connectivity index (χ4v) is 7.69. The lowest BCUT2D eigenvalue weighted by Gasteiger charge is -2.34. The van der Waals surface area contributed by atoms with E-state index in [-0.39, 0.29) is 47.9 Å². The summed E-state index contributed by atoms with van der Waals surface area (Å²) < 4.78 is 55.0. The molecular weight excluding hydrogens is 645 g/mol. The van der Waals surface area contributed by atoms with Gasteiger partial charge in [0, 0.05) is 25.1 Å². The van der Waals surface area contributed by atoms with Gasteiger partial charge in [-0.15, -0.1) is 0 Å². The van der Waals surface area contributed by atoms with Crippen molar-refractivity contribution in [2.75, 3.05) is 24.1 Å². The van der Waals surface area contributed by atoms with Crippen molar-refractivity contribution in [3.8, 4) is 11.5 Å². The monoisotopic (exact) mass is 685 g/mol. The third kappa shape index (κ3) is 8.22. The molecular formula is C38H40FN3O6S. The normalized spacial score (nSPS) is 15.0. The van der Waals surface area contributed by atoms with Crippen molar-refractivity contribution in [2.45, 2.75) is 62.6 Å².